The Hall–Kier alpha value is -1.61. The molecule has 0 aromatic heterocycles. The number of carbonyl (C=O) groups excluding carboxylic acids is 1. The molecule has 0 saturated carbocycles. The number of amides is 1. The smallest absolute Gasteiger partial charge is 0.207 e. The van der Waals surface area contributed by atoms with Gasteiger partial charge in [0.2, 0.25) is 6.41 Å². The van der Waals surface area contributed by atoms with Crippen molar-refractivity contribution >= 4 is 12.5 Å². The summed E-state index contributed by atoms with van der Waals surface area (Å²) >= 11 is 0. The minimum Gasteiger partial charge on any atom is -0.359 e. The lowest BCUT2D eigenvalue weighted by Gasteiger charge is -2.05. The number of benzene rings is 1. The van der Waals surface area contributed by atoms with Crippen molar-refractivity contribution in [2.24, 2.45) is 0 Å². The summed E-state index contributed by atoms with van der Waals surface area (Å²) in [4.78, 5) is 9.98. The van der Waals surface area contributed by atoms with E-state index in [4.69, 9.17) is 0 Å². The summed E-state index contributed by atoms with van der Waals surface area (Å²) < 4.78 is 0. The lowest BCUT2D eigenvalue weighted by molar-refractivity contribution is -0.109. The van der Waals surface area contributed by atoms with Crippen molar-refractivity contribution in [1.29, 1.82) is 0 Å². The van der Waals surface area contributed by atoms with E-state index in [0.717, 1.165) is 38.0 Å². The summed E-state index contributed by atoms with van der Waals surface area (Å²) in [6, 6.07) is 8.29. The lowest BCUT2D eigenvalue weighted by atomic mass is 10.1. The first-order valence-electron chi connectivity index (χ1n) is 5.46. The van der Waals surface area contributed by atoms with Gasteiger partial charge in [0.1, 0.15) is 0 Å². The zero-order chi connectivity index (χ0) is 11.6. The summed E-state index contributed by atoms with van der Waals surface area (Å²) in [5.41, 5.74) is 2.40. The summed E-state index contributed by atoms with van der Waals surface area (Å²) in [5.74, 6) is 0. The maximum Gasteiger partial charge on any atom is 0.207 e. The van der Waals surface area contributed by atoms with E-state index in [1.807, 2.05) is 6.08 Å². The fraction of sp³-hybridized carbons (Fsp3) is 0.308. The van der Waals surface area contributed by atoms with E-state index in [2.05, 4.69) is 41.5 Å². The van der Waals surface area contributed by atoms with Crippen LogP contribution in [0.3, 0.4) is 0 Å². The molecule has 0 unspecified atom stereocenters. The van der Waals surface area contributed by atoms with E-state index in [-0.39, 0.29) is 0 Å². The van der Waals surface area contributed by atoms with Gasteiger partial charge in [-0.2, -0.15) is 0 Å². The van der Waals surface area contributed by atoms with Crippen molar-refractivity contribution in [2.75, 3.05) is 13.1 Å². The van der Waals surface area contributed by atoms with Gasteiger partial charge in [-0.3, -0.25) is 4.79 Å². The molecule has 0 aliphatic carbocycles. The van der Waals surface area contributed by atoms with Crippen molar-refractivity contribution in [3.8, 4) is 0 Å². The normalized spacial score (nSPS) is 9.75. The highest BCUT2D eigenvalue weighted by molar-refractivity contribution is 5.47. The highest BCUT2D eigenvalue weighted by atomic mass is 16.1. The molecule has 1 aromatic carbocycles. The second-order valence-corrected chi connectivity index (χ2v) is 3.55. The molecule has 1 rings (SSSR count). The number of hydrogen-bond acceptors (Lipinski definition) is 2. The van der Waals surface area contributed by atoms with E-state index in [1.54, 1.807) is 0 Å². The average Bonchev–Trinajstić information content (AvgIpc) is 2.34. The minimum absolute atomic E-state index is 0.728. The van der Waals surface area contributed by atoms with Gasteiger partial charge in [-0.25, -0.2) is 0 Å². The molecule has 0 aliphatic heterocycles. The molecule has 0 saturated heterocycles. The zero-order valence-corrected chi connectivity index (χ0v) is 9.41. The van der Waals surface area contributed by atoms with Crippen LogP contribution in [0.25, 0.3) is 6.08 Å². The molecule has 3 nitrogen and oxygen atoms in total. The third-order valence-electron chi connectivity index (χ3n) is 2.30. The molecule has 1 aromatic rings. The summed E-state index contributed by atoms with van der Waals surface area (Å²) in [6.45, 7) is 6.21. The number of nitrogens with one attached hydrogen (secondary N) is 2. The second kappa shape index (κ2) is 7.65. The van der Waals surface area contributed by atoms with Crippen molar-refractivity contribution in [1.82, 2.24) is 10.6 Å². The Morgan fingerprint density at radius 1 is 1.19 bits per heavy atom. The van der Waals surface area contributed by atoms with Crippen LogP contribution in [0.1, 0.15) is 17.5 Å². The first-order chi connectivity index (χ1) is 7.86. The van der Waals surface area contributed by atoms with Crippen LogP contribution in [0.5, 0.6) is 0 Å². The third-order valence-corrected chi connectivity index (χ3v) is 2.30. The summed E-state index contributed by atoms with van der Waals surface area (Å²) in [6.07, 6.45) is 3.51. The topological polar surface area (TPSA) is 41.1 Å². The van der Waals surface area contributed by atoms with Crippen LogP contribution in [-0.4, -0.2) is 19.5 Å². The van der Waals surface area contributed by atoms with Crippen LogP contribution in [0, 0.1) is 0 Å². The van der Waals surface area contributed by atoms with Gasteiger partial charge < -0.3 is 10.6 Å². The molecule has 3 heteroatoms. The van der Waals surface area contributed by atoms with Crippen LogP contribution >= 0.6 is 0 Å². The largest absolute Gasteiger partial charge is 0.359 e. The summed E-state index contributed by atoms with van der Waals surface area (Å²) in [5, 5.41) is 5.95. The van der Waals surface area contributed by atoms with Gasteiger partial charge in [0, 0.05) is 13.1 Å². The highest BCUT2D eigenvalue weighted by Crippen LogP contribution is 2.04. The van der Waals surface area contributed by atoms with Gasteiger partial charge in [-0.1, -0.05) is 36.9 Å². The van der Waals surface area contributed by atoms with Gasteiger partial charge in [0.05, 0.1) is 0 Å². The molecule has 16 heavy (non-hydrogen) atoms. The molecular weight excluding hydrogens is 200 g/mol. The van der Waals surface area contributed by atoms with E-state index in [0.29, 0.717) is 0 Å². The fourth-order valence-electron chi connectivity index (χ4n) is 1.38. The fourth-order valence-corrected chi connectivity index (χ4v) is 1.38. The maximum absolute atomic E-state index is 9.98. The van der Waals surface area contributed by atoms with Crippen molar-refractivity contribution in [3.63, 3.8) is 0 Å². The van der Waals surface area contributed by atoms with Crippen LogP contribution < -0.4 is 10.6 Å². The Labute approximate surface area is 96.6 Å². The molecule has 0 atom stereocenters. The molecule has 0 spiro atoms. The SMILES string of the molecule is C=Cc1ccc(CNCCCNC=O)cc1. The number of hydrogen-bond donors (Lipinski definition) is 2. The predicted molar refractivity (Wildman–Crippen MR) is 66.9 cm³/mol. The first kappa shape index (κ1) is 12.5. The predicted octanol–water partition coefficient (Wildman–Crippen LogP) is 1.56. The standard InChI is InChI=1S/C13H18N2O/c1-2-12-4-6-13(7-5-12)10-14-8-3-9-15-11-16/h2,4-7,11,14H,1,3,8-10H2,(H,15,16). The average molecular weight is 218 g/mol. The monoisotopic (exact) mass is 218 g/mol. The lowest BCUT2D eigenvalue weighted by Crippen LogP contribution is -2.20. The zero-order valence-electron chi connectivity index (χ0n) is 9.41. The van der Waals surface area contributed by atoms with Gasteiger partial charge >= 0.3 is 0 Å². The quantitative estimate of drug-likeness (QED) is 0.513. The molecule has 86 valence electrons. The molecule has 0 fully saturated rings. The van der Waals surface area contributed by atoms with Crippen molar-refractivity contribution in [2.45, 2.75) is 13.0 Å². The van der Waals surface area contributed by atoms with Crippen LogP contribution in [-0.2, 0) is 11.3 Å². The third kappa shape index (κ3) is 4.75. The van der Waals surface area contributed by atoms with Crippen LogP contribution in [0.2, 0.25) is 0 Å². The minimum atomic E-state index is 0.728. The van der Waals surface area contributed by atoms with E-state index in [9.17, 15) is 4.79 Å². The highest BCUT2D eigenvalue weighted by Gasteiger charge is 1.92. The molecule has 2 N–H and O–H groups in total. The van der Waals surface area contributed by atoms with E-state index < -0.39 is 0 Å². The van der Waals surface area contributed by atoms with Gasteiger partial charge in [0.15, 0.2) is 0 Å². The Balaban J connectivity index is 2.16. The Kier molecular flexibility index (Phi) is 5.96. The Morgan fingerprint density at radius 2 is 1.94 bits per heavy atom. The molecular formula is C13H18N2O. The van der Waals surface area contributed by atoms with Gasteiger partial charge in [-0.05, 0) is 24.1 Å². The molecule has 0 heterocycles. The molecule has 0 aliphatic rings. The van der Waals surface area contributed by atoms with Crippen LogP contribution in [0.15, 0.2) is 30.8 Å². The van der Waals surface area contributed by atoms with Crippen molar-refractivity contribution in [3.05, 3.63) is 42.0 Å². The Morgan fingerprint density at radius 3 is 2.56 bits per heavy atom. The second-order valence-electron chi connectivity index (χ2n) is 3.55. The van der Waals surface area contributed by atoms with Gasteiger partial charge in [0.25, 0.3) is 0 Å². The van der Waals surface area contributed by atoms with E-state index >= 15 is 0 Å². The molecule has 0 radical (unpaired) electrons. The maximum atomic E-state index is 9.98. The van der Waals surface area contributed by atoms with Gasteiger partial charge in [-0.15, -0.1) is 0 Å². The van der Waals surface area contributed by atoms with Crippen LogP contribution in [0.4, 0.5) is 0 Å². The molecule has 0 bridgehead atoms. The Bertz CT molecular complexity index is 319. The number of carbonyl (C=O) groups is 1. The first-order valence-corrected chi connectivity index (χ1v) is 5.46. The molecule has 1 amide bonds. The van der Waals surface area contributed by atoms with Crippen molar-refractivity contribution < 1.29 is 4.79 Å². The van der Waals surface area contributed by atoms with E-state index in [1.165, 1.54) is 5.56 Å². The summed E-state index contributed by atoms with van der Waals surface area (Å²) in [7, 11) is 0. The number of rotatable bonds is 8.